The SMILES string of the molecule is O=S1(F)=NP(N2CC2)(N2CC2)=NP(N2CC2)(N2CC2)=N1. The molecule has 0 radical (unpaired) electrons. The maximum Gasteiger partial charge on any atom is 0.322 e. The van der Waals surface area contributed by atoms with Crippen molar-refractivity contribution in [3.05, 3.63) is 0 Å². The highest BCUT2D eigenvalue weighted by atomic mass is 32.3. The fourth-order valence-electron chi connectivity index (χ4n) is 2.52. The zero-order valence-corrected chi connectivity index (χ0v) is 13.5. The maximum absolute atomic E-state index is 14.5. The lowest BCUT2D eigenvalue weighted by molar-refractivity contribution is 0.638. The lowest BCUT2D eigenvalue weighted by atomic mass is 11.0. The van der Waals surface area contributed by atoms with E-state index in [4.69, 9.17) is 4.52 Å². The van der Waals surface area contributed by atoms with Crippen LogP contribution in [0.2, 0.25) is 0 Å². The third-order valence-corrected chi connectivity index (χ3v) is 13.8. The first-order chi connectivity index (χ1) is 9.54. The lowest BCUT2D eigenvalue weighted by Crippen LogP contribution is -2.12. The van der Waals surface area contributed by atoms with Gasteiger partial charge in [-0.15, -0.1) is 12.2 Å². The first kappa shape index (κ1) is 12.7. The van der Waals surface area contributed by atoms with Gasteiger partial charge in [-0.3, -0.25) is 0 Å². The fraction of sp³-hybridized carbons (Fsp3) is 1.00. The number of nitrogens with zero attached hydrogens (tertiary/aromatic N) is 7. The van der Waals surface area contributed by atoms with Crippen molar-refractivity contribution in [1.82, 2.24) is 18.7 Å². The van der Waals surface area contributed by atoms with Gasteiger partial charge in [-0.05, 0) is 0 Å². The van der Waals surface area contributed by atoms with E-state index in [1.807, 2.05) is 0 Å². The van der Waals surface area contributed by atoms with Crippen LogP contribution in [0, 0.1) is 0 Å². The van der Waals surface area contributed by atoms with E-state index in [2.05, 4.69) is 27.0 Å². The van der Waals surface area contributed by atoms with Crippen molar-refractivity contribution in [3.63, 3.8) is 0 Å². The first-order valence-electron chi connectivity index (χ1n) is 6.82. The summed E-state index contributed by atoms with van der Waals surface area (Å²) in [6.07, 6.45) is 0. The van der Waals surface area contributed by atoms with Crippen LogP contribution < -0.4 is 0 Å². The number of hydrogen-bond acceptors (Lipinski definition) is 7. The minimum absolute atomic E-state index is 0.882. The Kier molecular flexibility index (Phi) is 2.37. The molecule has 0 aliphatic carbocycles. The molecule has 4 fully saturated rings. The van der Waals surface area contributed by atoms with E-state index in [1.165, 1.54) is 0 Å². The summed E-state index contributed by atoms with van der Waals surface area (Å²) in [5, 5.41) is 0. The number of hydrogen-bond donors (Lipinski definition) is 0. The van der Waals surface area contributed by atoms with Gasteiger partial charge in [0.25, 0.3) is 0 Å². The maximum atomic E-state index is 14.5. The van der Waals surface area contributed by atoms with Crippen molar-refractivity contribution in [2.75, 3.05) is 52.4 Å². The van der Waals surface area contributed by atoms with Crippen molar-refractivity contribution in [2.24, 2.45) is 12.8 Å². The van der Waals surface area contributed by atoms with Gasteiger partial charge in [-0.2, -0.15) is 8.72 Å². The van der Waals surface area contributed by atoms with Crippen molar-refractivity contribution < 1.29 is 8.09 Å². The highest BCUT2D eigenvalue weighted by molar-refractivity contribution is 7.97. The molecule has 0 bridgehead atoms. The summed E-state index contributed by atoms with van der Waals surface area (Å²) < 4.78 is 48.3. The molecule has 0 N–H and O–H groups in total. The van der Waals surface area contributed by atoms with Crippen LogP contribution >= 0.6 is 15.0 Å². The van der Waals surface area contributed by atoms with Crippen LogP contribution in [0.4, 0.5) is 3.89 Å². The summed E-state index contributed by atoms with van der Waals surface area (Å²) in [6.45, 7) is 7.05. The fourth-order valence-corrected chi connectivity index (χ4v) is 13.9. The van der Waals surface area contributed by atoms with Crippen LogP contribution in [0.15, 0.2) is 12.8 Å². The Labute approximate surface area is 117 Å². The molecule has 0 aromatic carbocycles. The second kappa shape index (κ2) is 3.74. The van der Waals surface area contributed by atoms with E-state index in [0.717, 1.165) is 52.4 Å². The summed E-state index contributed by atoms with van der Waals surface area (Å²) in [7, 11) is -8.87. The number of halogens is 1. The second-order valence-corrected chi connectivity index (χ2v) is 12.9. The summed E-state index contributed by atoms with van der Waals surface area (Å²) >= 11 is 0. The van der Waals surface area contributed by atoms with Gasteiger partial charge in [-0.1, -0.05) is 0 Å². The molecule has 12 heteroatoms. The van der Waals surface area contributed by atoms with E-state index < -0.39 is 25.3 Å². The van der Waals surface area contributed by atoms with Crippen LogP contribution in [0.3, 0.4) is 0 Å². The van der Waals surface area contributed by atoms with Crippen LogP contribution in [0.1, 0.15) is 0 Å². The topological polar surface area (TPSA) is 66.2 Å². The average molecular weight is 339 g/mol. The predicted octanol–water partition coefficient (Wildman–Crippen LogP) is 1.42. The van der Waals surface area contributed by atoms with E-state index in [0.29, 0.717) is 0 Å². The van der Waals surface area contributed by atoms with Gasteiger partial charge in [0, 0.05) is 52.4 Å². The zero-order chi connectivity index (χ0) is 13.6. The largest absolute Gasteiger partial charge is 0.322 e. The molecule has 1 atom stereocenters. The van der Waals surface area contributed by atoms with Crippen molar-refractivity contribution in [2.45, 2.75) is 0 Å². The Bertz CT molecular complexity index is 655. The first-order valence-corrected chi connectivity index (χ1v) is 11.4. The van der Waals surface area contributed by atoms with Gasteiger partial charge in [0.05, 0.1) is 0 Å². The minimum Gasteiger partial charge on any atom is -0.237 e. The molecule has 0 aromatic heterocycles. The third-order valence-electron chi connectivity index (χ3n) is 3.87. The Hall–Kier alpha value is 0.180. The van der Waals surface area contributed by atoms with E-state index >= 15 is 0 Å². The standard InChI is InChI=1S/C8H16FN7OP2S/c9-20(17)11-18(13-1-2-13,14-3-4-14)10-19(12-20,15-5-6-15)16-7-8-16/h1-8H2. The Balaban J connectivity index is 1.80. The smallest absolute Gasteiger partial charge is 0.237 e. The lowest BCUT2D eigenvalue weighted by Gasteiger charge is -2.31. The van der Waals surface area contributed by atoms with Gasteiger partial charge in [0.15, 0.2) is 0 Å². The van der Waals surface area contributed by atoms with Gasteiger partial charge in [0.2, 0.25) is 15.0 Å². The average Bonchev–Trinajstić information content (AvgIpc) is 3.28. The minimum atomic E-state index is -3.98. The second-order valence-electron chi connectivity index (χ2n) is 5.57. The van der Waals surface area contributed by atoms with E-state index in [1.54, 1.807) is 0 Å². The summed E-state index contributed by atoms with van der Waals surface area (Å²) in [6, 6.07) is 0. The summed E-state index contributed by atoms with van der Waals surface area (Å²) in [5.41, 5.74) is 0. The van der Waals surface area contributed by atoms with Crippen molar-refractivity contribution in [1.29, 1.82) is 0 Å². The van der Waals surface area contributed by atoms with Crippen LogP contribution in [-0.2, 0) is 10.3 Å². The highest BCUT2D eigenvalue weighted by Crippen LogP contribution is 2.78. The zero-order valence-electron chi connectivity index (χ0n) is 10.9. The molecule has 4 saturated heterocycles. The molecule has 8 nitrogen and oxygen atoms in total. The molecule has 112 valence electrons. The van der Waals surface area contributed by atoms with Crippen LogP contribution in [0.25, 0.3) is 0 Å². The molecular formula is C8H16FN7OP2S. The molecule has 0 saturated carbocycles. The van der Waals surface area contributed by atoms with Crippen molar-refractivity contribution in [3.8, 4) is 0 Å². The highest BCUT2D eigenvalue weighted by Gasteiger charge is 2.56. The van der Waals surface area contributed by atoms with Crippen LogP contribution in [0.5, 0.6) is 0 Å². The molecule has 0 amide bonds. The van der Waals surface area contributed by atoms with Gasteiger partial charge < -0.3 is 0 Å². The summed E-state index contributed by atoms with van der Waals surface area (Å²) in [4.78, 5) is 0. The molecule has 0 aromatic rings. The Morgan fingerprint density at radius 3 is 1.60 bits per heavy atom. The molecule has 5 aliphatic rings. The van der Waals surface area contributed by atoms with E-state index in [-0.39, 0.29) is 0 Å². The van der Waals surface area contributed by atoms with Crippen LogP contribution in [-0.4, -0.2) is 75.2 Å². The third kappa shape index (κ3) is 1.83. The van der Waals surface area contributed by atoms with E-state index in [9.17, 15) is 8.09 Å². The van der Waals surface area contributed by atoms with Gasteiger partial charge in [0.1, 0.15) is 0 Å². The molecular weight excluding hydrogens is 323 g/mol. The number of rotatable bonds is 4. The Morgan fingerprint density at radius 2 is 1.20 bits per heavy atom. The molecule has 1 unspecified atom stereocenters. The molecule has 5 heterocycles. The molecule has 20 heavy (non-hydrogen) atoms. The quantitative estimate of drug-likeness (QED) is 0.440. The van der Waals surface area contributed by atoms with Gasteiger partial charge >= 0.3 is 10.3 Å². The van der Waals surface area contributed by atoms with Gasteiger partial charge in [-0.25, -0.2) is 18.7 Å². The normalized spacial score (nSPS) is 42.2. The molecule has 5 rings (SSSR count). The van der Waals surface area contributed by atoms with Crippen molar-refractivity contribution >= 4 is 25.3 Å². The monoisotopic (exact) mass is 339 g/mol. The summed E-state index contributed by atoms with van der Waals surface area (Å²) in [5.74, 6) is 0. The Morgan fingerprint density at radius 1 is 0.800 bits per heavy atom. The predicted molar refractivity (Wildman–Crippen MR) is 76.7 cm³/mol. The molecule has 5 aliphatic heterocycles. The molecule has 0 spiro atoms.